The maximum absolute atomic E-state index is 13.2. The Morgan fingerprint density at radius 1 is 1.17 bits per heavy atom. The molecule has 1 aromatic rings. The van der Waals surface area contributed by atoms with Gasteiger partial charge in [0.25, 0.3) is 0 Å². The number of aliphatic hydroxyl groups is 1. The first kappa shape index (κ1) is 20.7. The summed E-state index contributed by atoms with van der Waals surface area (Å²) >= 11 is 0. The highest BCUT2D eigenvalue weighted by Gasteiger charge is 2.58. The number of ether oxygens (including phenoxy) is 1. The third-order valence-corrected chi connectivity index (χ3v) is 9.80. The molecular weight excluding hydrogens is 376 g/mol. The summed E-state index contributed by atoms with van der Waals surface area (Å²) < 4.78 is 5.32. The van der Waals surface area contributed by atoms with Gasteiger partial charge >= 0.3 is 0 Å². The number of rotatable bonds is 5. The van der Waals surface area contributed by atoms with Crippen LogP contribution in [0, 0.1) is 40.9 Å². The molecule has 4 aliphatic carbocycles. The van der Waals surface area contributed by atoms with E-state index in [1.807, 2.05) is 6.20 Å². The molecule has 1 aromatic heterocycles. The fourth-order valence-corrected chi connectivity index (χ4v) is 8.57. The number of carbonyl (C=O) groups excluding carboxylic acids is 1. The highest BCUT2D eigenvalue weighted by molar-refractivity contribution is 5.83. The second-order valence-corrected chi connectivity index (χ2v) is 11.2. The van der Waals surface area contributed by atoms with Gasteiger partial charge in [0.1, 0.15) is 11.6 Å². The van der Waals surface area contributed by atoms with Crippen molar-refractivity contribution in [1.29, 1.82) is 0 Å². The molecule has 5 rings (SSSR count). The first-order chi connectivity index (χ1) is 14.4. The third kappa shape index (κ3) is 3.37. The summed E-state index contributed by atoms with van der Waals surface area (Å²) in [6, 6.07) is 0. The first-order valence-corrected chi connectivity index (χ1v) is 12.2. The molecule has 4 saturated carbocycles. The number of aromatic amines is 1. The Labute approximate surface area is 180 Å². The van der Waals surface area contributed by atoms with Crippen LogP contribution in [0.2, 0.25) is 0 Å². The van der Waals surface area contributed by atoms with Crippen molar-refractivity contribution in [2.45, 2.75) is 76.7 Å². The highest BCUT2D eigenvalue weighted by atomic mass is 16.5. The molecule has 1 heterocycles. The van der Waals surface area contributed by atoms with E-state index in [2.05, 4.69) is 16.9 Å². The van der Waals surface area contributed by atoms with Crippen LogP contribution in [0.3, 0.4) is 0 Å². The van der Waals surface area contributed by atoms with Crippen LogP contribution >= 0.6 is 0 Å². The fourth-order valence-electron chi connectivity index (χ4n) is 8.57. The number of H-pyrrole nitrogens is 1. The summed E-state index contributed by atoms with van der Waals surface area (Å²) in [5.41, 5.74) is -0.439. The van der Waals surface area contributed by atoms with Crippen molar-refractivity contribution in [1.82, 2.24) is 9.97 Å². The van der Waals surface area contributed by atoms with Gasteiger partial charge in [-0.2, -0.15) is 0 Å². The third-order valence-electron chi connectivity index (χ3n) is 9.80. The monoisotopic (exact) mass is 414 g/mol. The minimum absolute atomic E-state index is 0.170. The lowest BCUT2D eigenvalue weighted by molar-refractivity contribution is -0.135. The molecule has 0 unspecified atom stereocenters. The van der Waals surface area contributed by atoms with Crippen molar-refractivity contribution in [3.63, 3.8) is 0 Å². The number of hydrogen-bond acceptors (Lipinski definition) is 4. The predicted octanol–water partition coefficient (Wildman–Crippen LogP) is 4.17. The van der Waals surface area contributed by atoms with Crippen LogP contribution in [-0.4, -0.2) is 40.2 Å². The van der Waals surface area contributed by atoms with E-state index in [1.54, 1.807) is 13.3 Å². The average molecular weight is 415 g/mol. The maximum Gasteiger partial charge on any atom is 0.144 e. The Morgan fingerprint density at radius 3 is 2.77 bits per heavy atom. The van der Waals surface area contributed by atoms with Crippen molar-refractivity contribution in [3.05, 3.63) is 18.2 Å². The number of fused-ring (bicyclic) bond motifs is 5. The van der Waals surface area contributed by atoms with Crippen molar-refractivity contribution in [3.8, 4) is 0 Å². The van der Waals surface area contributed by atoms with E-state index in [4.69, 9.17) is 4.74 Å². The molecule has 166 valence electrons. The minimum atomic E-state index is -0.608. The van der Waals surface area contributed by atoms with Crippen molar-refractivity contribution < 1.29 is 14.6 Å². The molecule has 0 bridgehead atoms. The molecule has 0 aromatic carbocycles. The van der Waals surface area contributed by atoms with Gasteiger partial charge in [0.2, 0.25) is 0 Å². The number of imidazole rings is 1. The Balaban J connectivity index is 1.29. The van der Waals surface area contributed by atoms with Crippen molar-refractivity contribution in [2.75, 3.05) is 13.7 Å². The number of hydrogen-bond donors (Lipinski definition) is 2. The largest absolute Gasteiger partial charge is 0.387 e. The van der Waals surface area contributed by atoms with Gasteiger partial charge in [0.05, 0.1) is 18.6 Å². The Bertz CT molecular complexity index is 764. The number of aromatic nitrogens is 2. The molecule has 5 heteroatoms. The topological polar surface area (TPSA) is 75.2 Å². The summed E-state index contributed by atoms with van der Waals surface area (Å²) in [4.78, 5) is 20.6. The average Bonchev–Trinajstić information content (AvgIpc) is 3.34. The van der Waals surface area contributed by atoms with E-state index >= 15 is 0 Å². The van der Waals surface area contributed by atoms with Crippen LogP contribution in [0.4, 0.5) is 0 Å². The van der Waals surface area contributed by atoms with E-state index in [-0.39, 0.29) is 11.3 Å². The summed E-state index contributed by atoms with van der Waals surface area (Å²) in [6.45, 7) is 2.90. The SMILES string of the molecule is COC[C@@]1(O)CC[C@H]2[C@@H](CC[C@@H]3[C@@H]2CC[C@]2(C)[C@@H](C(=O)Cc4ncc[nH]4)CC[C@@H]32)C1. The molecule has 8 atom stereocenters. The fraction of sp³-hybridized carbons (Fsp3) is 0.840. The predicted molar refractivity (Wildman–Crippen MR) is 115 cm³/mol. The van der Waals surface area contributed by atoms with Crippen LogP contribution in [0.1, 0.15) is 70.5 Å². The van der Waals surface area contributed by atoms with E-state index in [1.165, 1.54) is 32.1 Å². The molecule has 0 amide bonds. The molecule has 30 heavy (non-hydrogen) atoms. The van der Waals surface area contributed by atoms with Gasteiger partial charge in [-0.05, 0) is 92.8 Å². The molecule has 0 radical (unpaired) electrons. The summed E-state index contributed by atoms with van der Waals surface area (Å²) in [7, 11) is 1.70. The van der Waals surface area contributed by atoms with Gasteiger partial charge in [-0.3, -0.25) is 4.79 Å². The number of methoxy groups -OCH3 is 1. The maximum atomic E-state index is 13.2. The van der Waals surface area contributed by atoms with E-state index in [0.29, 0.717) is 30.6 Å². The molecule has 4 aliphatic rings. The Kier molecular flexibility index (Phi) is 5.34. The zero-order valence-corrected chi connectivity index (χ0v) is 18.6. The zero-order valence-electron chi connectivity index (χ0n) is 18.6. The molecule has 0 spiro atoms. The summed E-state index contributed by atoms with van der Waals surface area (Å²) in [5.74, 6) is 5.10. The van der Waals surface area contributed by atoms with Gasteiger partial charge < -0.3 is 14.8 Å². The minimum Gasteiger partial charge on any atom is -0.387 e. The van der Waals surface area contributed by atoms with Crippen molar-refractivity contribution >= 4 is 5.78 Å². The second-order valence-electron chi connectivity index (χ2n) is 11.2. The van der Waals surface area contributed by atoms with Crippen LogP contribution in [0.25, 0.3) is 0 Å². The number of ketones is 1. The lowest BCUT2D eigenvalue weighted by Crippen LogP contribution is -2.52. The molecule has 4 fully saturated rings. The first-order valence-electron chi connectivity index (χ1n) is 12.2. The number of nitrogens with one attached hydrogen (secondary N) is 1. The molecule has 5 nitrogen and oxygen atoms in total. The molecular formula is C25H38N2O3. The van der Waals surface area contributed by atoms with Gasteiger partial charge in [0.15, 0.2) is 0 Å². The van der Waals surface area contributed by atoms with Crippen LogP contribution in [0.5, 0.6) is 0 Å². The standard InChI is InChI=1S/C25H38N2O3/c1-24-9-7-18-17-8-10-25(29,15-30-2)14-16(17)3-4-19(18)20(24)5-6-21(24)22(28)13-23-26-11-12-27-23/h11-12,16-21,29H,3-10,13-15H2,1-2H3,(H,26,27)/t16-,17-,18+,19+,20-,21+,24-,25+/m0/s1. The number of nitrogens with zero attached hydrogens (tertiary/aromatic N) is 1. The molecule has 2 N–H and O–H groups in total. The number of Topliss-reactive ketones (excluding diaryl/α,β-unsaturated/α-hetero) is 1. The lowest BCUT2D eigenvalue weighted by Gasteiger charge is -2.57. The van der Waals surface area contributed by atoms with E-state index in [0.717, 1.165) is 49.3 Å². The molecule has 0 saturated heterocycles. The van der Waals surface area contributed by atoms with Crippen LogP contribution in [-0.2, 0) is 16.0 Å². The Hall–Kier alpha value is -1.20. The zero-order chi connectivity index (χ0) is 20.9. The van der Waals surface area contributed by atoms with E-state index in [9.17, 15) is 9.90 Å². The number of carbonyl (C=O) groups is 1. The Morgan fingerprint density at radius 2 is 2.00 bits per heavy atom. The van der Waals surface area contributed by atoms with Gasteiger partial charge in [-0.15, -0.1) is 0 Å². The van der Waals surface area contributed by atoms with Gasteiger partial charge in [0, 0.05) is 25.4 Å². The normalized spacial score (nSPS) is 45.4. The highest BCUT2D eigenvalue weighted by Crippen LogP contribution is 2.64. The quantitative estimate of drug-likeness (QED) is 0.758. The van der Waals surface area contributed by atoms with Crippen LogP contribution < -0.4 is 0 Å². The van der Waals surface area contributed by atoms with Gasteiger partial charge in [-0.25, -0.2) is 4.98 Å². The van der Waals surface area contributed by atoms with Crippen molar-refractivity contribution in [2.24, 2.45) is 40.9 Å². The lowest BCUT2D eigenvalue weighted by atomic mass is 9.49. The van der Waals surface area contributed by atoms with Gasteiger partial charge in [-0.1, -0.05) is 6.92 Å². The van der Waals surface area contributed by atoms with E-state index < -0.39 is 5.60 Å². The summed E-state index contributed by atoms with van der Waals surface area (Å²) in [6.07, 6.45) is 14.2. The summed E-state index contributed by atoms with van der Waals surface area (Å²) in [5, 5.41) is 10.9. The van der Waals surface area contributed by atoms with Crippen LogP contribution in [0.15, 0.2) is 12.4 Å². The molecule has 0 aliphatic heterocycles. The smallest absolute Gasteiger partial charge is 0.144 e. The second kappa shape index (κ2) is 7.74.